The zero-order valence-electron chi connectivity index (χ0n) is 18.4. The molecule has 1 aliphatic heterocycles. The van der Waals surface area contributed by atoms with Crippen LogP contribution < -0.4 is 9.47 Å². The second-order valence-electron chi connectivity index (χ2n) is 8.46. The first kappa shape index (κ1) is 22.7. The van der Waals surface area contributed by atoms with E-state index in [-0.39, 0.29) is 17.7 Å². The maximum atomic E-state index is 14.4. The van der Waals surface area contributed by atoms with Gasteiger partial charge in [0.1, 0.15) is 18.2 Å². The van der Waals surface area contributed by atoms with Crippen molar-refractivity contribution in [3.63, 3.8) is 0 Å². The van der Waals surface area contributed by atoms with Crippen LogP contribution in [0.15, 0.2) is 36.5 Å². The monoisotopic (exact) mass is 442 g/mol. The molecule has 2 heterocycles. The van der Waals surface area contributed by atoms with Crippen molar-refractivity contribution in [3.05, 3.63) is 53.5 Å². The summed E-state index contributed by atoms with van der Waals surface area (Å²) in [5, 5.41) is 0. The number of carbonyl (C=O) groups is 1. The molecule has 2 aromatic rings. The van der Waals surface area contributed by atoms with E-state index in [1.54, 1.807) is 18.3 Å². The molecule has 1 saturated carbocycles. The third kappa shape index (κ3) is 5.84. The first-order chi connectivity index (χ1) is 15.7. The van der Waals surface area contributed by atoms with Gasteiger partial charge in [-0.2, -0.15) is 0 Å². The van der Waals surface area contributed by atoms with E-state index in [1.807, 2.05) is 12.1 Å². The van der Waals surface area contributed by atoms with Crippen LogP contribution in [-0.2, 0) is 4.74 Å². The predicted molar refractivity (Wildman–Crippen MR) is 119 cm³/mol. The van der Waals surface area contributed by atoms with Crippen molar-refractivity contribution in [1.29, 1.82) is 0 Å². The Morgan fingerprint density at radius 2 is 1.97 bits per heavy atom. The molecule has 2 atom stereocenters. The van der Waals surface area contributed by atoms with Crippen LogP contribution in [0.4, 0.5) is 4.39 Å². The summed E-state index contributed by atoms with van der Waals surface area (Å²) in [5.74, 6) is 1.02. The van der Waals surface area contributed by atoms with Crippen LogP contribution in [0.25, 0.3) is 0 Å². The zero-order chi connectivity index (χ0) is 22.2. The van der Waals surface area contributed by atoms with Crippen LogP contribution in [0.5, 0.6) is 11.6 Å². The number of carbonyl (C=O) groups excluding carboxylic acids is 1. The number of benzene rings is 1. The molecule has 0 spiro atoms. The van der Waals surface area contributed by atoms with Gasteiger partial charge in [0.05, 0.1) is 31.6 Å². The second kappa shape index (κ2) is 11.4. The lowest BCUT2D eigenvalue weighted by Crippen LogP contribution is -2.38. The summed E-state index contributed by atoms with van der Waals surface area (Å²) in [5.41, 5.74) is 1.18. The molecular formula is C25H31FN2O4. The summed E-state index contributed by atoms with van der Waals surface area (Å²) in [6.45, 7) is 5.02. The summed E-state index contributed by atoms with van der Waals surface area (Å²) in [7, 11) is 0. The third-order valence-electron chi connectivity index (χ3n) is 6.43. The van der Waals surface area contributed by atoms with E-state index in [0.29, 0.717) is 30.4 Å². The highest BCUT2D eigenvalue weighted by Crippen LogP contribution is 2.39. The van der Waals surface area contributed by atoms with Crippen LogP contribution in [0.1, 0.15) is 47.5 Å². The number of hydrogen-bond acceptors (Lipinski definition) is 6. The summed E-state index contributed by atoms with van der Waals surface area (Å²) < 4.78 is 31.5. The molecule has 0 bridgehead atoms. The molecule has 1 aromatic carbocycles. The van der Waals surface area contributed by atoms with Crippen molar-refractivity contribution in [1.82, 2.24) is 9.88 Å². The lowest BCUT2D eigenvalue weighted by Gasteiger charge is -2.32. The Morgan fingerprint density at radius 3 is 2.78 bits per heavy atom. The van der Waals surface area contributed by atoms with E-state index in [1.165, 1.54) is 6.07 Å². The minimum Gasteiger partial charge on any atom is -0.491 e. The highest BCUT2D eigenvalue weighted by Gasteiger charge is 2.29. The Balaban J connectivity index is 1.34. The fourth-order valence-electron chi connectivity index (χ4n) is 4.62. The van der Waals surface area contributed by atoms with Gasteiger partial charge < -0.3 is 14.2 Å². The highest BCUT2D eigenvalue weighted by atomic mass is 19.1. The molecule has 0 radical (unpaired) electrons. The number of hydrogen-bond donors (Lipinski definition) is 0. The quantitative estimate of drug-likeness (QED) is 0.545. The van der Waals surface area contributed by atoms with Crippen LogP contribution in [0.3, 0.4) is 0 Å². The normalized spacial score (nSPS) is 21.8. The Morgan fingerprint density at radius 1 is 1.16 bits per heavy atom. The lowest BCUT2D eigenvalue weighted by molar-refractivity contribution is 0.0320. The first-order valence-corrected chi connectivity index (χ1v) is 11.5. The van der Waals surface area contributed by atoms with Gasteiger partial charge in [-0.05, 0) is 36.3 Å². The summed E-state index contributed by atoms with van der Waals surface area (Å²) >= 11 is 0. The topological polar surface area (TPSA) is 60.9 Å². The highest BCUT2D eigenvalue weighted by molar-refractivity contribution is 5.79. The molecule has 1 saturated heterocycles. The Kier molecular flexibility index (Phi) is 8.07. The van der Waals surface area contributed by atoms with Gasteiger partial charge in [-0.1, -0.05) is 31.0 Å². The fourth-order valence-corrected chi connectivity index (χ4v) is 4.62. The number of nitrogens with zero attached hydrogens (tertiary/aromatic N) is 2. The Bertz CT molecular complexity index is 888. The minimum absolute atomic E-state index is 0.125. The Labute approximate surface area is 188 Å². The summed E-state index contributed by atoms with van der Waals surface area (Å²) in [4.78, 5) is 18.2. The molecule has 4 rings (SSSR count). The van der Waals surface area contributed by atoms with E-state index < -0.39 is 0 Å². The number of halogens is 1. The molecular weight excluding hydrogens is 411 g/mol. The van der Waals surface area contributed by atoms with Crippen LogP contribution in [-0.4, -0.2) is 62.2 Å². The average Bonchev–Trinajstić information content (AvgIpc) is 2.84. The lowest BCUT2D eigenvalue weighted by atomic mass is 9.75. The zero-order valence-corrected chi connectivity index (χ0v) is 18.4. The molecule has 1 aliphatic carbocycles. The van der Waals surface area contributed by atoms with Crippen molar-refractivity contribution >= 4 is 6.29 Å². The van der Waals surface area contributed by atoms with Gasteiger partial charge in [0.25, 0.3) is 0 Å². The maximum Gasteiger partial charge on any atom is 0.214 e. The van der Waals surface area contributed by atoms with Crippen molar-refractivity contribution in [3.8, 4) is 11.6 Å². The number of aldehydes is 1. The Hall–Kier alpha value is -2.51. The molecule has 0 amide bonds. The second-order valence-corrected chi connectivity index (χ2v) is 8.46. The molecule has 172 valence electrons. The van der Waals surface area contributed by atoms with E-state index in [9.17, 15) is 9.18 Å². The van der Waals surface area contributed by atoms with Gasteiger partial charge in [0, 0.05) is 25.7 Å². The first-order valence-electron chi connectivity index (χ1n) is 11.5. The molecule has 6 nitrogen and oxygen atoms in total. The van der Waals surface area contributed by atoms with E-state index in [2.05, 4.69) is 9.88 Å². The third-order valence-corrected chi connectivity index (χ3v) is 6.43. The van der Waals surface area contributed by atoms with E-state index >= 15 is 0 Å². The number of pyridine rings is 1. The fraction of sp³-hybridized carbons (Fsp3) is 0.520. The van der Waals surface area contributed by atoms with Gasteiger partial charge in [0.15, 0.2) is 6.29 Å². The van der Waals surface area contributed by atoms with E-state index in [4.69, 9.17) is 14.2 Å². The number of morpholine rings is 1. The molecule has 0 N–H and O–H groups in total. The average molecular weight is 443 g/mol. The van der Waals surface area contributed by atoms with Gasteiger partial charge in [0.2, 0.25) is 5.88 Å². The van der Waals surface area contributed by atoms with Crippen molar-refractivity contribution in [2.45, 2.75) is 31.6 Å². The molecule has 7 heteroatoms. The van der Waals surface area contributed by atoms with Crippen LogP contribution >= 0.6 is 0 Å². The van der Waals surface area contributed by atoms with Gasteiger partial charge in [-0.15, -0.1) is 0 Å². The molecule has 2 fully saturated rings. The van der Waals surface area contributed by atoms with Crippen molar-refractivity contribution in [2.24, 2.45) is 5.92 Å². The van der Waals surface area contributed by atoms with Crippen molar-refractivity contribution in [2.75, 3.05) is 46.1 Å². The summed E-state index contributed by atoms with van der Waals surface area (Å²) in [6, 6.07) is 8.63. The van der Waals surface area contributed by atoms with Crippen LogP contribution in [0.2, 0.25) is 0 Å². The smallest absolute Gasteiger partial charge is 0.214 e. The number of rotatable bonds is 9. The molecule has 2 unspecified atom stereocenters. The summed E-state index contributed by atoms with van der Waals surface area (Å²) in [6.07, 6.45) is 6.44. The van der Waals surface area contributed by atoms with Gasteiger partial charge >= 0.3 is 0 Å². The standard InChI is InChI=1S/C25H31FN2O4/c26-23-8-4-3-7-22(23)21-6-2-1-5-19(21)18-32-24-16-27-25(15-20(24)17-29)31-14-11-28-9-12-30-13-10-28/h3-4,7-8,15-17,19,21H,1-2,5-6,9-14,18H2. The minimum atomic E-state index is -0.154. The maximum absolute atomic E-state index is 14.4. The molecule has 32 heavy (non-hydrogen) atoms. The van der Waals surface area contributed by atoms with Crippen molar-refractivity contribution < 1.29 is 23.4 Å². The van der Waals surface area contributed by atoms with Gasteiger partial charge in [-0.3, -0.25) is 9.69 Å². The van der Waals surface area contributed by atoms with Crippen LogP contribution in [0, 0.1) is 11.7 Å². The predicted octanol–water partition coefficient (Wildman–Crippen LogP) is 4.10. The van der Waals surface area contributed by atoms with Gasteiger partial charge in [-0.25, -0.2) is 9.37 Å². The molecule has 1 aromatic heterocycles. The molecule has 2 aliphatic rings. The SMILES string of the molecule is O=Cc1cc(OCCN2CCOCC2)ncc1OCC1CCCCC1c1ccccc1F. The number of aromatic nitrogens is 1. The number of ether oxygens (including phenoxy) is 3. The largest absolute Gasteiger partial charge is 0.491 e. The van der Waals surface area contributed by atoms with E-state index in [0.717, 1.165) is 70.4 Å².